The lowest BCUT2D eigenvalue weighted by atomic mass is 10.2. The third-order valence-corrected chi connectivity index (χ3v) is 1.80. The van der Waals surface area contributed by atoms with Crippen molar-refractivity contribution >= 4 is 22.6 Å². The number of hydrogen-bond donors (Lipinski definition) is 1. The molecule has 1 aromatic heterocycles. The van der Waals surface area contributed by atoms with E-state index in [4.69, 9.17) is 11.6 Å². The monoisotopic (exact) mass is 211 g/mol. The zero-order valence-electron chi connectivity index (χ0n) is 8.63. The van der Waals surface area contributed by atoms with Crippen molar-refractivity contribution in [3.8, 4) is 0 Å². The van der Waals surface area contributed by atoms with Gasteiger partial charge in [0.2, 0.25) is 0 Å². The predicted octanol–water partition coefficient (Wildman–Crippen LogP) is 3.34. The molecule has 4 heteroatoms. The largest absolute Gasteiger partial charge is 0.197 e. The molecule has 0 saturated heterocycles. The lowest BCUT2D eigenvalue weighted by Crippen LogP contribution is -1.76. The van der Waals surface area contributed by atoms with E-state index in [9.17, 15) is 0 Å². The number of H-pyrrole nitrogens is 1. The van der Waals surface area contributed by atoms with Crippen LogP contribution in [0.3, 0.4) is 0 Å². The number of nitrogens with one attached hydrogen (secondary N) is 1. The molecule has 0 fully saturated rings. The number of aromatic nitrogens is 3. The molecule has 0 unspecified atom stereocenters. The number of nitrogens with zero attached hydrogens (tertiary/aromatic N) is 2. The quantitative estimate of drug-likeness (QED) is 0.726. The van der Waals surface area contributed by atoms with Crippen molar-refractivity contribution in [2.75, 3.05) is 0 Å². The predicted molar refractivity (Wildman–Crippen MR) is 59.6 cm³/mol. The topological polar surface area (TPSA) is 41.6 Å². The van der Waals surface area contributed by atoms with E-state index < -0.39 is 0 Å². The summed E-state index contributed by atoms with van der Waals surface area (Å²) in [5.41, 5.74) is 2.74. The van der Waals surface area contributed by atoms with Crippen molar-refractivity contribution < 1.29 is 0 Å². The van der Waals surface area contributed by atoms with Crippen molar-refractivity contribution in [1.29, 1.82) is 0 Å². The average molecular weight is 212 g/mol. The molecule has 1 aromatic carbocycles. The zero-order chi connectivity index (χ0) is 10.6. The van der Waals surface area contributed by atoms with Crippen LogP contribution in [-0.4, -0.2) is 15.4 Å². The van der Waals surface area contributed by atoms with E-state index in [0.29, 0.717) is 5.02 Å². The van der Waals surface area contributed by atoms with Gasteiger partial charge in [0.25, 0.3) is 0 Å². The van der Waals surface area contributed by atoms with Gasteiger partial charge in [-0.2, -0.15) is 15.4 Å². The van der Waals surface area contributed by atoms with Crippen LogP contribution in [0.1, 0.15) is 25.8 Å². The molecule has 14 heavy (non-hydrogen) atoms. The Kier molecular flexibility index (Phi) is 3.89. The molecule has 76 valence electrons. The van der Waals surface area contributed by atoms with E-state index in [0.717, 1.165) is 16.6 Å². The van der Waals surface area contributed by atoms with Gasteiger partial charge >= 0.3 is 0 Å². The van der Waals surface area contributed by atoms with Gasteiger partial charge in [0.15, 0.2) is 0 Å². The standard InChI is InChI=1S/C7H6ClN3.C3H8/c1-4-2-5(8)3-6-7(4)10-11-9-6;1-3-2/h2-3H,1H3,(H,9,10,11);3H2,1-2H3. The lowest BCUT2D eigenvalue weighted by molar-refractivity contribution is 0.958. The Morgan fingerprint density at radius 3 is 2.57 bits per heavy atom. The summed E-state index contributed by atoms with van der Waals surface area (Å²) in [6.07, 6.45) is 1.25. The minimum atomic E-state index is 0.698. The number of aromatic amines is 1. The van der Waals surface area contributed by atoms with Gasteiger partial charge in [0, 0.05) is 5.02 Å². The summed E-state index contributed by atoms with van der Waals surface area (Å²) >= 11 is 5.80. The number of rotatable bonds is 0. The van der Waals surface area contributed by atoms with Crippen molar-refractivity contribution in [3.63, 3.8) is 0 Å². The SMILES string of the molecule is CCC.Cc1cc(Cl)cc2n[nH]nc12. The Bertz CT molecular complexity index is 409. The van der Waals surface area contributed by atoms with Crippen LogP contribution < -0.4 is 0 Å². The number of fused-ring (bicyclic) bond motifs is 1. The maximum atomic E-state index is 5.80. The normalized spacial score (nSPS) is 9.71. The molecular formula is C10H14ClN3. The zero-order valence-corrected chi connectivity index (χ0v) is 9.39. The first-order valence-electron chi connectivity index (χ1n) is 4.65. The second kappa shape index (κ2) is 4.96. The summed E-state index contributed by atoms with van der Waals surface area (Å²) in [5.74, 6) is 0. The summed E-state index contributed by atoms with van der Waals surface area (Å²) in [6, 6.07) is 3.65. The van der Waals surface area contributed by atoms with Crippen molar-refractivity contribution in [3.05, 3.63) is 22.7 Å². The van der Waals surface area contributed by atoms with Crippen LogP contribution in [0.5, 0.6) is 0 Å². The van der Waals surface area contributed by atoms with Crippen LogP contribution in [0.25, 0.3) is 11.0 Å². The van der Waals surface area contributed by atoms with Crippen LogP contribution in [-0.2, 0) is 0 Å². The number of aryl methyl sites for hydroxylation is 1. The molecule has 3 nitrogen and oxygen atoms in total. The molecule has 2 rings (SSSR count). The molecule has 0 saturated carbocycles. The number of hydrogen-bond acceptors (Lipinski definition) is 2. The fourth-order valence-corrected chi connectivity index (χ4v) is 1.34. The molecule has 0 spiro atoms. The van der Waals surface area contributed by atoms with Gasteiger partial charge in [-0.3, -0.25) is 0 Å². The molecule has 0 radical (unpaired) electrons. The Balaban J connectivity index is 0.000000293. The Morgan fingerprint density at radius 2 is 1.93 bits per heavy atom. The third kappa shape index (κ3) is 2.45. The Hall–Kier alpha value is -1.09. The smallest absolute Gasteiger partial charge is 0.115 e. The van der Waals surface area contributed by atoms with Crippen LogP contribution in [0, 0.1) is 6.92 Å². The Morgan fingerprint density at radius 1 is 1.29 bits per heavy atom. The van der Waals surface area contributed by atoms with Gasteiger partial charge in [-0.05, 0) is 24.6 Å². The second-order valence-corrected chi connectivity index (χ2v) is 3.56. The van der Waals surface area contributed by atoms with E-state index >= 15 is 0 Å². The van der Waals surface area contributed by atoms with E-state index in [2.05, 4.69) is 29.3 Å². The molecular weight excluding hydrogens is 198 g/mol. The summed E-state index contributed by atoms with van der Waals surface area (Å²) in [4.78, 5) is 0. The maximum Gasteiger partial charge on any atom is 0.115 e. The fraction of sp³-hybridized carbons (Fsp3) is 0.400. The van der Waals surface area contributed by atoms with E-state index in [1.165, 1.54) is 6.42 Å². The van der Waals surface area contributed by atoms with Crippen LogP contribution in [0.15, 0.2) is 12.1 Å². The molecule has 0 aliphatic rings. The van der Waals surface area contributed by atoms with Gasteiger partial charge in [0.1, 0.15) is 11.0 Å². The highest BCUT2D eigenvalue weighted by atomic mass is 35.5. The van der Waals surface area contributed by atoms with Gasteiger partial charge in [0.05, 0.1) is 0 Å². The van der Waals surface area contributed by atoms with Gasteiger partial charge in [-0.25, -0.2) is 0 Å². The minimum Gasteiger partial charge on any atom is -0.197 e. The summed E-state index contributed by atoms with van der Waals surface area (Å²) in [7, 11) is 0. The van der Waals surface area contributed by atoms with E-state index in [1.807, 2.05) is 13.0 Å². The van der Waals surface area contributed by atoms with Gasteiger partial charge in [-0.15, -0.1) is 0 Å². The molecule has 0 amide bonds. The first-order chi connectivity index (χ1) is 6.69. The lowest BCUT2D eigenvalue weighted by Gasteiger charge is -1.92. The van der Waals surface area contributed by atoms with E-state index in [1.54, 1.807) is 6.07 Å². The van der Waals surface area contributed by atoms with Crippen LogP contribution >= 0.6 is 11.6 Å². The Labute approximate surface area is 88.5 Å². The third-order valence-electron chi connectivity index (χ3n) is 1.58. The summed E-state index contributed by atoms with van der Waals surface area (Å²) in [6.45, 7) is 6.21. The first kappa shape index (κ1) is 11.0. The first-order valence-corrected chi connectivity index (χ1v) is 5.03. The van der Waals surface area contributed by atoms with Crippen molar-refractivity contribution in [1.82, 2.24) is 15.4 Å². The molecule has 0 bridgehead atoms. The molecule has 1 heterocycles. The van der Waals surface area contributed by atoms with E-state index in [-0.39, 0.29) is 0 Å². The summed E-state index contributed by atoms with van der Waals surface area (Å²) in [5, 5.41) is 11.1. The van der Waals surface area contributed by atoms with Crippen LogP contribution in [0.2, 0.25) is 5.02 Å². The number of halogens is 1. The van der Waals surface area contributed by atoms with Gasteiger partial charge in [-0.1, -0.05) is 31.9 Å². The number of benzene rings is 1. The highest BCUT2D eigenvalue weighted by Gasteiger charge is 2.01. The molecule has 2 aromatic rings. The summed E-state index contributed by atoms with van der Waals surface area (Å²) < 4.78 is 0. The highest BCUT2D eigenvalue weighted by molar-refractivity contribution is 6.31. The fourth-order valence-electron chi connectivity index (χ4n) is 1.08. The average Bonchev–Trinajstić information content (AvgIpc) is 2.53. The molecule has 0 aliphatic heterocycles. The minimum absolute atomic E-state index is 0.698. The van der Waals surface area contributed by atoms with Crippen LogP contribution in [0.4, 0.5) is 0 Å². The highest BCUT2D eigenvalue weighted by Crippen LogP contribution is 2.18. The molecule has 0 aliphatic carbocycles. The van der Waals surface area contributed by atoms with Gasteiger partial charge < -0.3 is 0 Å². The van der Waals surface area contributed by atoms with Crippen molar-refractivity contribution in [2.45, 2.75) is 27.2 Å². The molecule has 0 atom stereocenters. The molecule has 1 N–H and O–H groups in total. The second-order valence-electron chi connectivity index (χ2n) is 3.12. The maximum absolute atomic E-state index is 5.80. The van der Waals surface area contributed by atoms with Crippen molar-refractivity contribution in [2.24, 2.45) is 0 Å².